The molecule has 0 aliphatic rings. The van der Waals surface area contributed by atoms with Gasteiger partial charge >= 0.3 is 0 Å². The molecule has 0 saturated heterocycles. The van der Waals surface area contributed by atoms with E-state index in [1.807, 2.05) is 13.8 Å². The Morgan fingerprint density at radius 2 is 1.62 bits per heavy atom. The second-order valence-corrected chi connectivity index (χ2v) is 3.03. The average molecular weight is 190 g/mol. The lowest BCUT2D eigenvalue weighted by atomic mass is 10.0. The van der Waals surface area contributed by atoms with Crippen molar-refractivity contribution in [3.63, 3.8) is 0 Å². The van der Waals surface area contributed by atoms with Crippen molar-refractivity contribution in [2.75, 3.05) is 19.8 Å². The third-order valence-corrected chi connectivity index (χ3v) is 2.07. The Hall–Kier alpha value is -0.120. The molecule has 80 valence electrons. The van der Waals surface area contributed by atoms with E-state index in [1.54, 1.807) is 0 Å². The van der Waals surface area contributed by atoms with Crippen LogP contribution in [0.3, 0.4) is 0 Å². The molecule has 0 amide bonds. The zero-order valence-electron chi connectivity index (χ0n) is 8.95. The van der Waals surface area contributed by atoms with Crippen molar-refractivity contribution >= 4 is 0 Å². The summed E-state index contributed by atoms with van der Waals surface area (Å²) in [5, 5.41) is 9.00. The summed E-state index contributed by atoms with van der Waals surface area (Å²) in [5.74, 6) is 0.295. The van der Waals surface area contributed by atoms with E-state index in [-0.39, 0.29) is 12.9 Å². The predicted molar refractivity (Wildman–Crippen MR) is 52.5 cm³/mol. The molecule has 3 nitrogen and oxygen atoms in total. The number of hydrogen-bond donors (Lipinski definition) is 1. The van der Waals surface area contributed by atoms with Gasteiger partial charge < -0.3 is 14.6 Å². The van der Waals surface area contributed by atoms with Crippen molar-refractivity contribution in [1.82, 2.24) is 0 Å². The minimum Gasteiger partial charge on any atom is -0.396 e. The quantitative estimate of drug-likeness (QED) is 0.593. The van der Waals surface area contributed by atoms with Gasteiger partial charge in [0, 0.05) is 26.2 Å². The Balaban J connectivity index is 3.76. The minimum absolute atomic E-state index is 0.146. The van der Waals surface area contributed by atoms with Gasteiger partial charge in [0.15, 0.2) is 6.29 Å². The third kappa shape index (κ3) is 6.02. The summed E-state index contributed by atoms with van der Waals surface area (Å²) >= 11 is 0. The molecule has 0 aliphatic heterocycles. The van der Waals surface area contributed by atoms with E-state index >= 15 is 0 Å². The molecule has 0 heterocycles. The van der Waals surface area contributed by atoms with Gasteiger partial charge in [0.2, 0.25) is 0 Å². The zero-order chi connectivity index (χ0) is 10.1. The molecule has 13 heavy (non-hydrogen) atoms. The summed E-state index contributed by atoms with van der Waals surface area (Å²) in [6, 6.07) is 0. The number of aliphatic hydroxyl groups excluding tert-OH is 1. The molecule has 1 N–H and O–H groups in total. The van der Waals surface area contributed by atoms with Crippen LogP contribution >= 0.6 is 0 Å². The number of ether oxygens (including phenoxy) is 2. The van der Waals surface area contributed by atoms with E-state index < -0.39 is 0 Å². The van der Waals surface area contributed by atoms with Crippen LogP contribution in [0.2, 0.25) is 0 Å². The summed E-state index contributed by atoms with van der Waals surface area (Å²) in [5.41, 5.74) is 0. The van der Waals surface area contributed by atoms with E-state index in [2.05, 4.69) is 6.92 Å². The van der Waals surface area contributed by atoms with Gasteiger partial charge in [-0.3, -0.25) is 0 Å². The highest BCUT2D eigenvalue weighted by atomic mass is 16.7. The fourth-order valence-corrected chi connectivity index (χ4v) is 1.20. The molecule has 0 radical (unpaired) electrons. The molecular weight excluding hydrogens is 168 g/mol. The molecule has 0 saturated carbocycles. The van der Waals surface area contributed by atoms with Gasteiger partial charge in [-0.25, -0.2) is 0 Å². The number of hydrogen-bond acceptors (Lipinski definition) is 3. The van der Waals surface area contributed by atoms with Gasteiger partial charge in [-0.15, -0.1) is 0 Å². The van der Waals surface area contributed by atoms with Gasteiger partial charge in [-0.2, -0.15) is 0 Å². The Morgan fingerprint density at radius 3 is 1.92 bits per heavy atom. The maximum absolute atomic E-state index is 9.00. The van der Waals surface area contributed by atoms with Crippen molar-refractivity contribution in [2.45, 2.75) is 39.9 Å². The Bertz CT molecular complexity index is 96.3. The maximum atomic E-state index is 9.00. The lowest BCUT2D eigenvalue weighted by Crippen LogP contribution is -2.22. The number of rotatable bonds is 8. The van der Waals surface area contributed by atoms with Crippen molar-refractivity contribution in [1.29, 1.82) is 0 Å². The molecule has 0 aromatic rings. The lowest BCUT2D eigenvalue weighted by Gasteiger charge is -2.20. The van der Waals surface area contributed by atoms with E-state index in [0.29, 0.717) is 19.1 Å². The largest absolute Gasteiger partial charge is 0.396 e. The van der Waals surface area contributed by atoms with Gasteiger partial charge in [0.05, 0.1) is 0 Å². The van der Waals surface area contributed by atoms with Gasteiger partial charge in [-0.05, 0) is 19.8 Å². The first-order valence-electron chi connectivity index (χ1n) is 5.12. The van der Waals surface area contributed by atoms with Crippen molar-refractivity contribution in [3.8, 4) is 0 Å². The van der Waals surface area contributed by atoms with Crippen molar-refractivity contribution in [3.05, 3.63) is 0 Å². The molecule has 1 atom stereocenters. The monoisotopic (exact) mass is 190 g/mol. The molecule has 0 rings (SSSR count). The van der Waals surface area contributed by atoms with E-state index in [9.17, 15) is 0 Å². The SMILES string of the molecule is CCOC(C[C@@H](CC)CO)OCC. The summed E-state index contributed by atoms with van der Waals surface area (Å²) in [4.78, 5) is 0. The fourth-order valence-electron chi connectivity index (χ4n) is 1.20. The third-order valence-electron chi connectivity index (χ3n) is 2.07. The van der Waals surface area contributed by atoms with Crippen LogP contribution < -0.4 is 0 Å². The standard InChI is InChI=1S/C10H22O3/c1-4-9(8-11)7-10(12-5-2)13-6-3/h9-11H,4-8H2,1-3H3/t9-/m1/s1. The Labute approximate surface area is 81.0 Å². The van der Waals surface area contributed by atoms with Crippen LogP contribution in [0.5, 0.6) is 0 Å². The fraction of sp³-hybridized carbons (Fsp3) is 1.00. The van der Waals surface area contributed by atoms with Crippen molar-refractivity contribution < 1.29 is 14.6 Å². The van der Waals surface area contributed by atoms with Crippen LogP contribution in [-0.4, -0.2) is 31.2 Å². The zero-order valence-corrected chi connectivity index (χ0v) is 8.95. The van der Waals surface area contributed by atoms with E-state index in [0.717, 1.165) is 12.8 Å². The molecule has 3 heteroatoms. The van der Waals surface area contributed by atoms with Crippen molar-refractivity contribution in [2.24, 2.45) is 5.92 Å². The van der Waals surface area contributed by atoms with Crippen LogP contribution in [0, 0.1) is 5.92 Å². The number of aliphatic hydroxyl groups is 1. The molecule has 0 aliphatic carbocycles. The molecular formula is C10H22O3. The smallest absolute Gasteiger partial charge is 0.157 e. The summed E-state index contributed by atoms with van der Waals surface area (Å²) in [6.07, 6.45) is 1.61. The average Bonchev–Trinajstić information content (AvgIpc) is 2.14. The van der Waals surface area contributed by atoms with Crippen LogP contribution in [-0.2, 0) is 9.47 Å². The highest BCUT2D eigenvalue weighted by molar-refractivity contribution is 4.58. The molecule has 0 aromatic heterocycles. The highest BCUT2D eigenvalue weighted by Crippen LogP contribution is 2.13. The van der Waals surface area contributed by atoms with Crippen LogP contribution in [0.15, 0.2) is 0 Å². The topological polar surface area (TPSA) is 38.7 Å². The van der Waals surface area contributed by atoms with Crippen LogP contribution in [0.4, 0.5) is 0 Å². The molecule has 0 aromatic carbocycles. The Morgan fingerprint density at radius 1 is 1.08 bits per heavy atom. The van der Waals surface area contributed by atoms with E-state index in [4.69, 9.17) is 14.6 Å². The molecule has 0 bridgehead atoms. The summed E-state index contributed by atoms with van der Waals surface area (Å²) in [6.45, 7) is 7.50. The molecule has 0 unspecified atom stereocenters. The molecule has 0 spiro atoms. The minimum atomic E-state index is -0.146. The van der Waals surface area contributed by atoms with Gasteiger partial charge in [-0.1, -0.05) is 13.3 Å². The summed E-state index contributed by atoms with van der Waals surface area (Å²) in [7, 11) is 0. The lowest BCUT2D eigenvalue weighted by molar-refractivity contribution is -0.148. The second-order valence-electron chi connectivity index (χ2n) is 3.03. The van der Waals surface area contributed by atoms with E-state index in [1.165, 1.54) is 0 Å². The second kappa shape index (κ2) is 8.48. The van der Waals surface area contributed by atoms with Crippen LogP contribution in [0.1, 0.15) is 33.6 Å². The first-order chi connectivity index (χ1) is 6.28. The first-order valence-corrected chi connectivity index (χ1v) is 5.12. The highest BCUT2D eigenvalue weighted by Gasteiger charge is 2.14. The maximum Gasteiger partial charge on any atom is 0.157 e. The first kappa shape index (κ1) is 12.9. The Kier molecular flexibility index (Phi) is 8.40. The van der Waals surface area contributed by atoms with Gasteiger partial charge in [0.25, 0.3) is 0 Å². The molecule has 0 fully saturated rings. The normalized spacial score (nSPS) is 13.6. The summed E-state index contributed by atoms with van der Waals surface area (Å²) < 4.78 is 10.8. The predicted octanol–water partition coefficient (Wildman–Crippen LogP) is 1.79. The van der Waals surface area contributed by atoms with Gasteiger partial charge in [0.1, 0.15) is 0 Å². The van der Waals surface area contributed by atoms with Crippen LogP contribution in [0.25, 0.3) is 0 Å².